The first-order chi connectivity index (χ1) is 7.13. The summed E-state index contributed by atoms with van der Waals surface area (Å²) >= 11 is 0. The van der Waals surface area contributed by atoms with Crippen LogP contribution in [-0.4, -0.2) is 11.6 Å². The van der Waals surface area contributed by atoms with Crippen molar-refractivity contribution in [1.82, 2.24) is 0 Å². The molecule has 1 unspecified atom stereocenters. The van der Waals surface area contributed by atoms with Gasteiger partial charge in [-0.2, -0.15) is 5.26 Å². The Labute approximate surface area is 91.4 Å². The van der Waals surface area contributed by atoms with Gasteiger partial charge in [-0.05, 0) is 19.3 Å². The Morgan fingerprint density at radius 1 is 1.47 bits per heavy atom. The summed E-state index contributed by atoms with van der Waals surface area (Å²) in [4.78, 5) is 11.6. The number of hydrogen-bond donors (Lipinski definition) is 0. The Hall–Kier alpha value is -1.04. The number of nitrogens with zero attached hydrogens (tertiary/aromatic N) is 1. The summed E-state index contributed by atoms with van der Waals surface area (Å²) in [6.45, 7) is 3.79. The van der Waals surface area contributed by atoms with Crippen molar-refractivity contribution < 1.29 is 9.53 Å². The number of rotatable bonds is 3. The molecule has 1 atom stereocenters. The quantitative estimate of drug-likeness (QED) is 0.671. The molecule has 1 aliphatic carbocycles. The van der Waals surface area contributed by atoms with E-state index in [1.54, 1.807) is 0 Å². The molecule has 15 heavy (non-hydrogen) atoms. The number of hydrogen-bond acceptors (Lipinski definition) is 3. The van der Waals surface area contributed by atoms with E-state index in [9.17, 15) is 4.79 Å². The second-order valence-corrected chi connectivity index (χ2v) is 4.40. The fourth-order valence-electron chi connectivity index (χ4n) is 1.82. The molecule has 0 heterocycles. The molecule has 0 spiro atoms. The van der Waals surface area contributed by atoms with Crippen LogP contribution >= 0.6 is 0 Å². The molecule has 0 bridgehead atoms. The monoisotopic (exact) mass is 209 g/mol. The number of nitriles is 1. The van der Waals surface area contributed by atoms with E-state index in [2.05, 4.69) is 6.07 Å². The predicted octanol–water partition coefficient (Wildman–Crippen LogP) is 2.80. The van der Waals surface area contributed by atoms with Gasteiger partial charge in [-0.25, -0.2) is 0 Å². The molecule has 1 fully saturated rings. The molecule has 0 aliphatic heterocycles. The van der Waals surface area contributed by atoms with Gasteiger partial charge in [0, 0.05) is 12.8 Å². The Bertz CT molecular complexity index is 261. The highest BCUT2D eigenvalue weighted by Crippen LogP contribution is 2.31. The summed E-state index contributed by atoms with van der Waals surface area (Å²) in [7, 11) is 0. The Morgan fingerprint density at radius 2 is 2.07 bits per heavy atom. The van der Waals surface area contributed by atoms with Crippen molar-refractivity contribution >= 4 is 5.97 Å². The summed E-state index contributed by atoms with van der Waals surface area (Å²) in [6, 6.07) is 2.18. The molecule has 1 saturated carbocycles. The van der Waals surface area contributed by atoms with Crippen molar-refractivity contribution in [2.45, 2.75) is 58.0 Å². The lowest BCUT2D eigenvalue weighted by Gasteiger charge is -2.31. The molecule has 3 nitrogen and oxygen atoms in total. The molecule has 1 aliphatic rings. The number of ether oxygens (including phenoxy) is 1. The molecule has 1 rings (SSSR count). The van der Waals surface area contributed by atoms with E-state index in [0.717, 1.165) is 25.7 Å². The maximum atomic E-state index is 11.6. The first kappa shape index (κ1) is 12.0. The first-order valence-corrected chi connectivity index (χ1v) is 5.77. The van der Waals surface area contributed by atoms with Gasteiger partial charge in [-0.15, -0.1) is 0 Å². The Kier molecular flexibility index (Phi) is 4.14. The fourth-order valence-corrected chi connectivity index (χ4v) is 1.82. The number of carbonyl (C=O) groups excluding carboxylic acids is 1. The zero-order valence-corrected chi connectivity index (χ0v) is 9.58. The van der Waals surface area contributed by atoms with Crippen molar-refractivity contribution in [1.29, 1.82) is 5.26 Å². The van der Waals surface area contributed by atoms with Crippen LogP contribution in [0.15, 0.2) is 0 Å². The lowest BCUT2D eigenvalue weighted by molar-refractivity contribution is -0.161. The molecule has 0 amide bonds. The van der Waals surface area contributed by atoms with Crippen LogP contribution in [0.25, 0.3) is 0 Å². The molecule has 0 saturated heterocycles. The third-order valence-electron chi connectivity index (χ3n) is 3.18. The van der Waals surface area contributed by atoms with E-state index in [1.807, 2.05) is 13.8 Å². The van der Waals surface area contributed by atoms with E-state index in [0.29, 0.717) is 12.8 Å². The van der Waals surface area contributed by atoms with Crippen molar-refractivity contribution in [2.75, 3.05) is 0 Å². The standard InChI is InChI=1S/C12H19NO2/c1-3-10(2)11(14)15-12(9-13)7-5-4-6-8-12/h10H,3-8H2,1-2H3. The van der Waals surface area contributed by atoms with Gasteiger partial charge < -0.3 is 4.74 Å². The molecule has 0 N–H and O–H groups in total. The van der Waals surface area contributed by atoms with Gasteiger partial charge in [0.05, 0.1) is 5.92 Å². The second kappa shape index (κ2) is 5.16. The Balaban J connectivity index is 2.60. The van der Waals surface area contributed by atoms with Gasteiger partial charge in [-0.1, -0.05) is 20.3 Å². The van der Waals surface area contributed by atoms with Crippen LogP contribution < -0.4 is 0 Å². The molecule has 0 radical (unpaired) electrons. The second-order valence-electron chi connectivity index (χ2n) is 4.40. The van der Waals surface area contributed by atoms with Crippen LogP contribution in [0.5, 0.6) is 0 Å². The van der Waals surface area contributed by atoms with Gasteiger partial charge in [0.15, 0.2) is 5.60 Å². The molecular formula is C12H19NO2. The van der Waals surface area contributed by atoms with Gasteiger partial charge in [0.25, 0.3) is 0 Å². The van der Waals surface area contributed by atoms with Crippen molar-refractivity contribution in [2.24, 2.45) is 5.92 Å². The summed E-state index contributed by atoms with van der Waals surface area (Å²) in [5.74, 6) is -0.321. The molecule has 0 aromatic rings. The largest absolute Gasteiger partial charge is 0.443 e. The topological polar surface area (TPSA) is 50.1 Å². The normalized spacial score (nSPS) is 21.4. The SMILES string of the molecule is CCC(C)C(=O)OC1(C#N)CCCCC1. The van der Waals surface area contributed by atoms with Crippen LogP contribution in [0.2, 0.25) is 0 Å². The highest BCUT2D eigenvalue weighted by Gasteiger charge is 2.36. The van der Waals surface area contributed by atoms with Gasteiger partial charge in [0.2, 0.25) is 0 Å². The van der Waals surface area contributed by atoms with Gasteiger partial charge >= 0.3 is 5.97 Å². The van der Waals surface area contributed by atoms with Crippen LogP contribution in [0, 0.1) is 17.2 Å². The maximum Gasteiger partial charge on any atom is 0.310 e. The zero-order valence-electron chi connectivity index (χ0n) is 9.58. The van der Waals surface area contributed by atoms with Crippen molar-refractivity contribution in [3.63, 3.8) is 0 Å². The van der Waals surface area contributed by atoms with Crippen LogP contribution in [0.4, 0.5) is 0 Å². The van der Waals surface area contributed by atoms with Crippen LogP contribution in [-0.2, 0) is 9.53 Å². The zero-order chi connectivity index (χ0) is 11.3. The molecule has 84 valence electrons. The number of esters is 1. The predicted molar refractivity (Wildman–Crippen MR) is 57.0 cm³/mol. The van der Waals surface area contributed by atoms with Gasteiger partial charge in [-0.3, -0.25) is 4.79 Å². The highest BCUT2D eigenvalue weighted by molar-refractivity contribution is 5.72. The number of carbonyl (C=O) groups is 1. The van der Waals surface area contributed by atoms with E-state index >= 15 is 0 Å². The lowest BCUT2D eigenvalue weighted by Crippen LogP contribution is -2.37. The van der Waals surface area contributed by atoms with Crippen LogP contribution in [0.3, 0.4) is 0 Å². The van der Waals surface area contributed by atoms with Crippen molar-refractivity contribution in [3.8, 4) is 6.07 Å². The smallest absolute Gasteiger partial charge is 0.310 e. The average Bonchev–Trinajstić information content (AvgIpc) is 2.29. The third kappa shape index (κ3) is 2.95. The van der Waals surface area contributed by atoms with E-state index in [1.165, 1.54) is 0 Å². The summed E-state index contributed by atoms with van der Waals surface area (Å²) in [5.41, 5.74) is -0.821. The summed E-state index contributed by atoms with van der Waals surface area (Å²) in [5, 5.41) is 9.12. The summed E-state index contributed by atoms with van der Waals surface area (Å²) in [6.07, 6.45) is 5.28. The van der Waals surface area contributed by atoms with Gasteiger partial charge in [0.1, 0.15) is 6.07 Å². The molecule has 3 heteroatoms. The first-order valence-electron chi connectivity index (χ1n) is 5.77. The van der Waals surface area contributed by atoms with E-state index < -0.39 is 5.60 Å². The third-order valence-corrected chi connectivity index (χ3v) is 3.18. The van der Waals surface area contributed by atoms with E-state index in [-0.39, 0.29) is 11.9 Å². The lowest BCUT2D eigenvalue weighted by atomic mass is 9.85. The minimum Gasteiger partial charge on any atom is -0.443 e. The average molecular weight is 209 g/mol. The summed E-state index contributed by atoms with van der Waals surface area (Å²) < 4.78 is 5.38. The fraction of sp³-hybridized carbons (Fsp3) is 0.833. The van der Waals surface area contributed by atoms with Crippen molar-refractivity contribution in [3.05, 3.63) is 0 Å². The van der Waals surface area contributed by atoms with Crippen LogP contribution in [0.1, 0.15) is 52.4 Å². The minimum absolute atomic E-state index is 0.0999. The maximum absolute atomic E-state index is 11.6. The highest BCUT2D eigenvalue weighted by atomic mass is 16.6. The van der Waals surface area contributed by atoms with E-state index in [4.69, 9.17) is 10.00 Å². The minimum atomic E-state index is -0.821. The molecule has 0 aromatic carbocycles. The molecule has 0 aromatic heterocycles. The Morgan fingerprint density at radius 3 is 2.53 bits per heavy atom. The molecular weight excluding hydrogens is 190 g/mol.